The molecule has 0 bridgehead atoms. The fourth-order valence-corrected chi connectivity index (χ4v) is 1.41. The van der Waals surface area contributed by atoms with Gasteiger partial charge in [0.15, 0.2) is 0 Å². The van der Waals surface area contributed by atoms with E-state index in [0.717, 1.165) is 17.0 Å². The number of rotatable bonds is 3. The third-order valence-electron chi connectivity index (χ3n) is 2.49. The van der Waals surface area contributed by atoms with Gasteiger partial charge in [0, 0.05) is 24.3 Å². The molecule has 0 fully saturated rings. The van der Waals surface area contributed by atoms with Gasteiger partial charge in [0.05, 0.1) is 5.69 Å². The molecular formula is C12H22N4O. The summed E-state index contributed by atoms with van der Waals surface area (Å²) in [6, 6.07) is -0.139. The van der Waals surface area contributed by atoms with Crippen LogP contribution in [0.3, 0.4) is 0 Å². The Labute approximate surface area is 102 Å². The molecule has 0 saturated heterocycles. The first-order chi connectivity index (χ1) is 7.79. The minimum Gasteiger partial charge on any atom is -0.338 e. The Morgan fingerprint density at radius 1 is 1.29 bits per heavy atom. The van der Waals surface area contributed by atoms with Crippen molar-refractivity contribution in [3.05, 3.63) is 17.0 Å². The van der Waals surface area contributed by atoms with Gasteiger partial charge in [0.25, 0.3) is 0 Å². The molecule has 0 aliphatic heterocycles. The molecular weight excluding hydrogens is 216 g/mol. The summed E-state index contributed by atoms with van der Waals surface area (Å²) in [4.78, 5) is 11.6. The molecule has 0 atom stereocenters. The van der Waals surface area contributed by atoms with Crippen LogP contribution in [0.2, 0.25) is 0 Å². The van der Waals surface area contributed by atoms with E-state index in [4.69, 9.17) is 0 Å². The van der Waals surface area contributed by atoms with Crippen LogP contribution in [-0.2, 0) is 6.54 Å². The number of aromatic amines is 1. The lowest BCUT2D eigenvalue weighted by Crippen LogP contribution is -2.39. The van der Waals surface area contributed by atoms with Gasteiger partial charge in [-0.1, -0.05) is 20.8 Å². The van der Waals surface area contributed by atoms with Crippen molar-refractivity contribution in [3.63, 3.8) is 0 Å². The van der Waals surface area contributed by atoms with Crippen molar-refractivity contribution in [1.29, 1.82) is 0 Å². The average Bonchev–Trinajstić information content (AvgIpc) is 2.52. The van der Waals surface area contributed by atoms with E-state index in [0.29, 0.717) is 13.1 Å². The standard InChI is InChI=1S/C12H22N4O/c1-8-10(9(2)16-15-8)6-13-11(17)14-7-12(3,4)5/h6-7H2,1-5H3,(H,15,16)(H2,13,14,17). The van der Waals surface area contributed by atoms with Crippen molar-refractivity contribution in [2.45, 2.75) is 41.2 Å². The van der Waals surface area contributed by atoms with E-state index < -0.39 is 0 Å². The van der Waals surface area contributed by atoms with Gasteiger partial charge >= 0.3 is 6.03 Å². The minimum absolute atomic E-state index is 0.0960. The number of hydrogen-bond acceptors (Lipinski definition) is 2. The maximum atomic E-state index is 11.6. The van der Waals surface area contributed by atoms with Crippen molar-refractivity contribution in [2.75, 3.05) is 6.54 Å². The minimum atomic E-state index is -0.139. The molecule has 5 heteroatoms. The topological polar surface area (TPSA) is 69.8 Å². The second-order valence-electron chi connectivity index (χ2n) is 5.51. The molecule has 5 nitrogen and oxygen atoms in total. The van der Waals surface area contributed by atoms with Gasteiger partial charge in [0.1, 0.15) is 0 Å². The van der Waals surface area contributed by atoms with Crippen LogP contribution >= 0.6 is 0 Å². The van der Waals surface area contributed by atoms with Crippen LogP contribution in [0.5, 0.6) is 0 Å². The zero-order chi connectivity index (χ0) is 13.1. The van der Waals surface area contributed by atoms with E-state index >= 15 is 0 Å². The summed E-state index contributed by atoms with van der Waals surface area (Å²) >= 11 is 0. The van der Waals surface area contributed by atoms with Crippen molar-refractivity contribution < 1.29 is 4.79 Å². The number of nitrogens with one attached hydrogen (secondary N) is 3. The largest absolute Gasteiger partial charge is 0.338 e. The van der Waals surface area contributed by atoms with Crippen molar-refractivity contribution in [2.24, 2.45) is 5.41 Å². The molecule has 2 amide bonds. The molecule has 0 aliphatic carbocycles. The van der Waals surface area contributed by atoms with E-state index in [1.165, 1.54) is 0 Å². The van der Waals surface area contributed by atoms with Gasteiger partial charge in [-0.3, -0.25) is 5.10 Å². The van der Waals surface area contributed by atoms with Gasteiger partial charge in [-0.25, -0.2) is 4.79 Å². The highest BCUT2D eigenvalue weighted by Crippen LogP contribution is 2.10. The highest BCUT2D eigenvalue weighted by molar-refractivity contribution is 5.73. The van der Waals surface area contributed by atoms with Crippen LogP contribution in [0.25, 0.3) is 0 Å². The number of amides is 2. The van der Waals surface area contributed by atoms with Crippen LogP contribution in [0.4, 0.5) is 4.79 Å². The first kappa shape index (κ1) is 13.5. The number of aromatic nitrogens is 2. The maximum absolute atomic E-state index is 11.6. The number of hydrogen-bond donors (Lipinski definition) is 3. The highest BCUT2D eigenvalue weighted by atomic mass is 16.2. The predicted molar refractivity (Wildman–Crippen MR) is 67.8 cm³/mol. The zero-order valence-corrected chi connectivity index (χ0v) is 11.3. The Kier molecular flexibility index (Phi) is 4.15. The maximum Gasteiger partial charge on any atom is 0.315 e. The van der Waals surface area contributed by atoms with E-state index in [1.807, 2.05) is 13.8 Å². The smallest absolute Gasteiger partial charge is 0.315 e. The summed E-state index contributed by atoms with van der Waals surface area (Å²) < 4.78 is 0. The van der Waals surface area contributed by atoms with Crippen LogP contribution in [0.15, 0.2) is 0 Å². The van der Waals surface area contributed by atoms with Gasteiger partial charge in [-0.15, -0.1) is 0 Å². The summed E-state index contributed by atoms with van der Waals surface area (Å²) in [7, 11) is 0. The van der Waals surface area contributed by atoms with Crippen LogP contribution in [-0.4, -0.2) is 22.8 Å². The van der Waals surface area contributed by atoms with E-state index in [-0.39, 0.29) is 11.4 Å². The quantitative estimate of drug-likeness (QED) is 0.752. The lowest BCUT2D eigenvalue weighted by molar-refractivity contribution is 0.235. The van der Waals surface area contributed by atoms with E-state index in [9.17, 15) is 4.79 Å². The van der Waals surface area contributed by atoms with Crippen LogP contribution in [0, 0.1) is 19.3 Å². The molecule has 1 rings (SSSR count). The Hall–Kier alpha value is -1.52. The summed E-state index contributed by atoms with van der Waals surface area (Å²) in [5, 5.41) is 12.7. The average molecular weight is 238 g/mol. The molecule has 1 aromatic heterocycles. The van der Waals surface area contributed by atoms with Crippen molar-refractivity contribution >= 4 is 6.03 Å². The molecule has 0 radical (unpaired) electrons. The van der Waals surface area contributed by atoms with Gasteiger partial charge < -0.3 is 10.6 Å². The monoisotopic (exact) mass is 238 g/mol. The number of H-pyrrole nitrogens is 1. The van der Waals surface area contributed by atoms with Gasteiger partial charge in [0.2, 0.25) is 0 Å². The fraction of sp³-hybridized carbons (Fsp3) is 0.667. The number of aryl methyl sites for hydroxylation is 2. The van der Waals surface area contributed by atoms with Crippen molar-refractivity contribution in [1.82, 2.24) is 20.8 Å². The number of nitrogens with zero attached hydrogens (tertiary/aromatic N) is 1. The van der Waals surface area contributed by atoms with Gasteiger partial charge in [-0.2, -0.15) is 5.10 Å². The fourth-order valence-electron chi connectivity index (χ4n) is 1.41. The van der Waals surface area contributed by atoms with Crippen LogP contribution in [0.1, 0.15) is 37.7 Å². The predicted octanol–water partition coefficient (Wildman–Crippen LogP) is 1.87. The molecule has 1 heterocycles. The molecule has 17 heavy (non-hydrogen) atoms. The molecule has 96 valence electrons. The molecule has 1 aromatic rings. The number of carbonyl (C=O) groups excluding carboxylic acids is 1. The second-order valence-corrected chi connectivity index (χ2v) is 5.51. The van der Waals surface area contributed by atoms with Crippen LogP contribution < -0.4 is 10.6 Å². The Morgan fingerprint density at radius 2 is 1.94 bits per heavy atom. The molecule has 3 N–H and O–H groups in total. The summed E-state index contributed by atoms with van der Waals surface area (Å²) in [6.07, 6.45) is 0. The molecule has 0 saturated carbocycles. The summed E-state index contributed by atoms with van der Waals surface area (Å²) in [5.41, 5.74) is 3.08. The highest BCUT2D eigenvalue weighted by Gasteiger charge is 2.12. The molecule has 0 spiro atoms. The Balaban J connectivity index is 2.39. The molecule has 0 aromatic carbocycles. The van der Waals surface area contributed by atoms with Crippen molar-refractivity contribution in [3.8, 4) is 0 Å². The first-order valence-corrected chi connectivity index (χ1v) is 5.82. The second kappa shape index (κ2) is 5.21. The first-order valence-electron chi connectivity index (χ1n) is 5.82. The normalized spacial score (nSPS) is 11.4. The zero-order valence-electron chi connectivity index (χ0n) is 11.3. The molecule has 0 aliphatic rings. The Bertz CT molecular complexity index is 370. The lowest BCUT2D eigenvalue weighted by Gasteiger charge is -2.18. The summed E-state index contributed by atoms with van der Waals surface area (Å²) in [6.45, 7) is 11.3. The number of urea groups is 1. The third-order valence-corrected chi connectivity index (χ3v) is 2.49. The van der Waals surface area contributed by atoms with E-state index in [2.05, 4.69) is 41.6 Å². The Morgan fingerprint density at radius 3 is 2.41 bits per heavy atom. The number of carbonyl (C=O) groups is 1. The third kappa shape index (κ3) is 4.46. The lowest BCUT2D eigenvalue weighted by atomic mass is 9.97. The van der Waals surface area contributed by atoms with Gasteiger partial charge in [-0.05, 0) is 19.3 Å². The SMILES string of the molecule is Cc1n[nH]c(C)c1CNC(=O)NCC(C)(C)C. The van der Waals surface area contributed by atoms with E-state index in [1.54, 1.807) is 0 Å². The summed E-state index contributed by atoms with van der Waals surface area (Å²) in [5.74, 6) is 0. The molecule has 0 unspecified atom stereocenters.